The van der Waals surface area contributed by atoms with Gasteiger partial charge in [-0.05, 0) is 55.3 Å². The van der Waals surface area contributed by atoms with E-state index < -0.39 is 11.7 Å². The predicted octanol–water partition coefficient (Wildman–Crippen LogP) is 4.88. The molecule has 1 N–H and O–H groups in total. The van der Waals surface area contributed by atoms with Crippen LogP contribution in [-0.4, -0.2) is 28.0 Å². The minimum atomic E-state index is -4.28. The second-order valence-electron chi connectivity index (χ2n) is 7.06. The van der Waals surface area contributed by atoms with Crippen LogP contribution in [0.1, 0.15) is 34.9 Å². The first-order valence-electron chi connectivity index (χ1n) is 8.73. The fourth-order valence-corrected chi connectivity index (χ4v) is 3.59. The van der Waals surface area contributed by atoms with Crippen molar-refractivity contribution >= 4 is 11.0 Å². The van der Waals surface area contributed by atoms with Gasteiger partial charge in [0, 0.05) is 19.0 Å². The summed E-state index contributed by atoms with van der Waals surface area (Å²) in [6, 6.07) is 11.6. The van der Waals surface area contributed by atoms with Gasteiger partial charge in [0.05, 0.1) is 16.6 Å². The number of aromatic nitrogens is 2. The lowest BCUT2D eigenvalue weighted by Gasteiger charge is -2.16. The van der Waals surface area contributed by atoms with E-state index in [2.05, 4.69) is 28.9 Å². The van der Waals surface area contributed by atoms with Gasteiger partial charge in [-0.2, -0.15) is 13.2 Å². The third-order valence-corrected chi connectivity index (χ3v) is 5.00. The number of nitrogens with one attached hydrogen (secondary N) is 1. The number of fused-ring (bicyclic) bond motifs is 1. The van der Waals surface area contributed by atoms with E-state index in [1.165, 1.54) is 5.56 Å². The van der Waals surface area contributed by atoms with Gasteiger partial charge < -0.3 is 4.98 Å². The van der Waals surface area contributed by atoms with Crippen LogP contribution in [0.2, 0.25) is 0 Å². The molecule has 1 aliphatic rings. The van der Waals surface area contributed by atoms with Crippen molar-refractivity contribution in [3.8, 4) is 0 Å². The molecule has 2 heterocycles. The summed E-state index contributed by atoms with van der Waals surface area (Å²) in [4.78, 5) is 10.4. The molecular weight excluding hydrogens is 339 g/mol. The number of imidazole rings is 1. The molecule has 2 aromatic carbocycles. The monoisotopic (exact) mass is 359 g/mol. The number of nitrogens with zero attached hydrogens (tertiary/aromatic N) is 2. The van der Waals surface area contributed by atoms with Gasteiger partial charge >= 0.3 is 6.18 Å². The second-order valence-corrected chi connectivity index (χ2v) is 7.06. The molecule has 1 aliphatic heterocycles. The average Bonchev–Trinajstić information content (AvgIpc) is 3.20. The van der Waals surface area contributed by atoms with Gasteiger partial charge in [-0.15, -0.1) is 0 Å². The van der Waals surface area contributed by atoms with E-state index in [-0.39, 0.29) is 0 Å². The van der Waals surface area contributed by atoms with Crippen LogP contribution in [0.3, 0.4) is 0 Å². The number of aromatic amines is 1. The largest absolute Gasteiger partial charge is 0.416 e. The molecule has 0 aliphatic carbocycles. The molecule has 0 spiro atoms. The maximum atomic E-state index is 12.7. The van der Waals surface area contributed by atoms with E-state index in [1.807, 2.05) is 6.07 Å². The molecule has 3 nitrogen and oxygen atoms in total. The number of benzene rings is 2. The summed E-state index contributed by atoms with van der Waals surface area (Å²) in [5.41, 5.74) is 3.54. The van der Waals surface area contributed by atoms with Crippen LogP contribution in [0.5, 0.6) is 0 Å². The molecule has 1 fully saturated rings. The number of hydrogen-bond donors (Lipinski definition) is 1. The highest BCUT2D eigenvalue weighted by Crippen LogP contribution is 2.31. The molecule has 1 aromatic heterocycles. The number of halogens is 3. The van der Waals surface area contributed by atoms with Crippen molar-refractivity contribution in [3.63, 3.8) is 0 Å². The van der Waals surface area contributed by atoms with Crippen LogP contribution < -0.4 is 0 Å². The highest BCUT2D eigenvalue weighted by molar-refractivity contribution is 5.75. The van der Waals surface area contributed by atoms with Crippen molar-refractivity contribution in [1.29, 1.82) is 0 Å². The Kier molecular flexibility index (Phi) is 4.23. The molecule has 0 amide bonds. The summed E-state index contributed by atoms with van der Waals surface area (Å²) in [5, 5.41) is 0. The molecular formula is C20H20F3N3. The molecule has 1 saturated heterocycles. The Morgan fingerprint density at radius 3 is 2.65 bits per heavy atom. The van der Waals surface area contributed by atoms with E-state index in [9.17, 15) is 13.2 Å². The van der Waals surface area contributed by atoms with Gasteiger partial charge in [-0.25, -0.2) is 4.98 Å². The number of H-pyrrole nitrogens is 1. The summed E-state index contributed by atoms with van der Waals surface area (Å²) >= 11 is 0. The molecule has 1 atom stereocenters. The van der Waals surface area contributed by atoms with Crippen LogP contribution in [-0.2, 0) is 12.7 Å². The van der Waals surface area contributed by atoms with Crippen LogP contribution in [0, 0.1) is 6.92 Å². The maximum Gasteiger partial charge on any atom is 0.416 e. The minimum Gasteiger partial charge on any atom is -0.342 e. The number of likely N-dealkylation sites (tertiary alicyclic amines) is 1. The van der Waals surface area contributed by atoms with Gasteiger partial charge in [0.1, 0.15) is 5.82 Å². The lowest BCUT2D eigenvalue weighted by atomic mass is 10.1. The Balaban J connectivity index is 1.43. The van der Waals surface area contributed by atoms with Gasteiger partial charge in [0.25, 0.3) is 0 Å². The quantitative estimate of drug-likeness (QED) is 0.723. The van der Waals surface area contributed by atoms with Crippen LogP contribution in [0.4, 0.5) is 13.2 Å². The zero-order valence-corrected chi connectivity index (χ0v) is 14.5. The lowest BCUT2D eigenvalue weighted by Crippen LogP contribution is -2.20. The molecule has 26 heavy (non-hydrogen) atoms. The lowest BCUT2D eigenvalue weighted by molar-refractivity contribution is -0.137. The summed E-state index contributed by atoms with van der Waals surface area (Å²) < 4.78 is 38.0. The molecule has 0 saturated carbocycles. The van der Waals surface area contributed by atoms with Crippen LogP contribution in [0.15, 0.2) is 42.5 Å². The highest BCUT2D eigenvalue weighted by Gasteiger charge is 2.30. The smallest absolute Gasteiger partial charge is 0.342 e. The van der Waals surface area contributed by atoms with Crippen molar-refractivity contribution in [2.24, 2.45) is 0 Å². The zero-order chi connectivity index (χ0) is 18.3. The average molecular weight is 359 g/mol. The van der Waals surface area contributed by atoms with E-state index in [1.54, 1.807) is 12.1 Å². The predicted molar refractivity (Wildman–Crippen MR) is 94.9 cm³/mol. The summed E-state index contributed by atoms with van der Waals surface area (Å²) in [5.74, 6) is 1.33. The molecule has 6 heteroatoms. The van der Waals surface area contributed by atoms with Gasteiger partial charge in [0.15, 0.2) is 0 Å². The Morgan fingerprint density at radius 2 is 1.92 bits per heavy atom. The Bertz CT molecular complexity index is 912. The molecule has 0 radical (unpaired) electrons. The zero-order valence-electron chi connectivity index (χ0n) is 14.5. The van der Waals surface area contributed by atoms with Crippen molar-refractivity contribution in [2.75, 3.05) is 13.1 Å². The van der Waals surface area contributed by atoms with Crippen LogP contribution >= 0.6 is 0 Å². The van der Waals surface area contributed by atoms with E-state index in [0.29, 0.717) is 12.5 Å². The second kappa shape index (κ2) is 6.43. The standard InChI is InChI=1S/C20H20F3N3/c1-13-2-7-17-18(10-13)25-19(24-17)15-8-9-26(12-15)11-14-3-5-16(6-4-14)20(21,22)23/h2-7,10,15H,8-9,11-12H2,1H3,(H,24,25)/t15-/m0/s1. The molecule has 136 valence electrons. The maximum absolute atomic E-state index is 12.7. The van der Waals surface area contributed by atoms with Crippen LogP contribution in [0.25, 0.3) is 11.0 Å². The van der Waals surface area contributed by atoms with Gasteiger partial charge in [-0.1, -0.05) is 18.2 Å². The first kappa shape index (κ1) is 17.1. The number of aryl methyl sites for hydroxylation is 1. The first-order chi connectivity index (χ1) is 12.4. The summed E-state index contributed by atoms with van der Waals surface area (Å²) in [6.45, 7) is 4.50. The van der Waals surface area contributed by atoms with Crippen molar-refractivity contribution < 1.29 is 13.2 Å². The minimum absolute atomic E-state index is 0.331. The van der Waals surface area contributed by atoms with Gasteiger partial charge in [0.2, 0.25) is 0 Å². The normalized spacial score (nSPS) is 18.7. The summed E-state index contributed by atoms with van der Waals surface area (Å²) in [7, 11) is 0. The Morgan fingerprint density at radius 1 is 1.15 bits per heavy atom. The summed E-state index contributed by atoms with van der Waals surface area (Å²) in [6.07, 6.45) is -3.28. The van der Waals surface area contributed by atoms with Crippen molar-refractivity contribution in [1.82, 2.24) is 14.9 Å². The third-order valence-electron chi connectivity index (χ3n) is 5.00. The SMILES string of the molecule is Cc1ccc2nc([C@H]3CCN(Cc4ccc(C(F)(F)F)cc4)C3)[nH]c2c1. The molecule has 0 bridgehead atoms. The fourth-order valence-electron chi connectivity index (χ4n) is 3.59. The van der Waals surface area contributed by atoms with Crippen molar-refractivity contribution in [2.45, 2.75) is 32.0 Å². The number of rotatable bonds is 3. The Labute approximate surface area is 149 Å². The third kappa shape index (κ3) is 3.46. The number of hydrogen-bond acceptors (Lipinski definition) is 2. The van der Waals surface area contributed by atoms with Crippen molar-refractivity contribution in [3.05, 3.63) is 65.0 Å². The molecule has 3 aromatic rings. The molecule has 4 rings (SSSR count). The number of alkyl halides is 3. The topological polar surface area (TPSA) is 31.9 Å². The van der Waals surface area contributed by atoms with E-state index in [4.69, 9.17) is 4.98 Å². The van der Waals surface area contributed by atoms with E-state index in [0.717, 1.165) is 54.1 Å². The first-order valence-corrected chi connectivity index (χ1v) is 8.73. The Hall–Kier alpha value is -2.34. The highest BCUT2D eigenvalue weighted by atomic mass is 19.4. The molecule has 0 unspecified atom stereocenters. The van der Waals surface area contributed by atoms with Gasteiger partial charge in [-0.3, -0.25) is 4.90 Å². The fraction of sp³-hybridized carbons (Fsp3) is 0.350. The van der Waals surface area contributed by atoms with E-state index >= 15 is 0 Å².